The zero-order valence-electron chi connectivity index (χ0n) is 23.0. The lowest BCUT2D eigenvalue weighted by Gasteiger charge is -2.23. The predicted molar refractivity (Wildman–Crippen MR) is 147 cm³/mol. The molecule has 1 heterocycles. The Kier molecular flexibility index (Phi) is 9.12. The quantitative estimate of drug-likeness (QED) is 0.207. The molecule has 0 bridgehead atoms. The van der Waals surface area contributed by atoms with Gasteiger partial charge in [0.05, 0.1) is 29.6 Å². The Balaban J connectivity index is 1.64. The Morgan fingerprint density at radius 2 is 1.49 bits per heavy atom. The molecule has 1 N–H and O–H groups in total. The van der Waals surface area contributed by atoms with Crippen molar-refractivity contribution in [1.29, 1.82) is 0 Å². The summed E-state index contributed by atoms with van der Waals surface area (Å²) >= 11 is 0. The van der Waals surface area contributed by atoms with Crippen molar-refractivity contribution in [3.05, 3.63) is 95.6 Å². The Hall–Kier alpha value is -4.81. The number of hydrogen-bond donors (Lipinski definition) is 1. The molecular weight excluding hydrogens is 578 g/mol. The van der Waals surface area contributed by atoms with Gasteiger partial charge >= 0.3 is 12.4 Å². The number of carbonyl (C=O) groups is 2. The van der Waals surface area contributed by atoms with Gasteiger partial charge in [0.25, 0.3) is 5.91 Å². The first-order chi connectivity index (χ1) is 20.3. The third kappa shape index (κ3) is 7.53. The third-order valence-electron chi connectivity index (χ3n) is 6.31. The van der Waals surface area contributed by atoms with Crippen molar-refractivity contribution in [2.75, 3.05) is 25.5 Å². The summed E-state index contributed by atoms with van der Waals surface area (Å²) in [6.07, 6.45) is -9.97. The van der Waals surface area contributed by atoms with Gasteiger partial charge in [-0.05, 0) is 48.9 Å². The highest BCUT2D eigenvalue weighted by molar-refractivity contribution is 5.99. The molecule has 0 aliphatic carbocycles. The lowest BCUT2D eigenvalue weighted by molar-refractivity contribution is -0.143. The van der Waals surface area contributed by atoms with Gasteiger partial charge in [-0.1, -0.05) is 37.3 Å². The van der Waals surface area contributed by atoms with E-state index in [1.54, 1.807) is 37.3 Å². The molecule has 0 atom stereocenters. The number of anilines is 1. The van der Waals surface area contributed by atoms with Crippen LogP contribution in [-0.2, 0) is 17.1 Å². The number of amides is 2. The number of carbonyl (C=O) groups excluding carboxylic acids is 2. The summed E-state index contributed by atoms with van der Waals surface area (Å²) in [7, 11) is 1.51. The van der Waals surface area contributed by atoms with Crippen molar-refractivity contribution in [3.63, 3.8) is 0 Å². The van der Waals surface area contributed by atoms with Gasteiger partial charge in [-0.3, -0.25) is 9.59 Å². The zero-order chi connectivity index (χ0) is 31.4. The van der Waals surface area contributed by atoms with E-state index in [0.29, 0.717) is 29.3 Å². The molecule has 4 aromatic rings. The van der Waals surface area contributed by atoms with Crippen LogP contribution in [-0.4, -0.2) is 46.7 Å². The van der Waals surface area contributed by atoms with Crippen molar-refractivity contribution in [1.82, 2.24) is 14.7 Å². The van der Waals surface area contributed by atoms with Gasteiger partial charge in [0.15, 0.2) is 0 Å². The maximum atomic E-state index is 13.4. The lowest BCUT2D eigenvalue weighted by atomic mass is 10.0. The molecule has 0 fully saturated rings. The summed E-state index contributed by atoms with van der Waals surface area (Å²) in [5.41, 5.74) is -2.26. The number of nitrogens with one attached hydrogen (secondary N) is 1. The van der Waals surface area contributed by atoms with Gasteiger partial charge in [-0.2, -0.15) is 31.4 Å². The molecule has 0 aliphatic rings. The summed E-state index contributed by atoms with van der Waals surface area (Å²) in [4.78, 5) is 27.3. The molecule has 1 aromatic heterocycles. The number of hydrogen-bond acceptors (Lipinski definition) is 4. The SMILES string of the molecule is CCCN(CC(=O)Nc1cc(-c2ccccc2)nn1-c1ccc(OC)cc1)C(=O)c1cc(C(F)(F)F)cc(C(F)(F)F)c1. The van der Waals surface area contributed by atoms with Crippen molar-refractivity contribution in [3.8, 4) is 22.7 Å². The third-order valence-corrected chi connectivity index (χ3v) is 6.31. The number of nitrogens with zero attached hydrogens (tertiary/aromatic N) is 3. The minimum absolute atomic E-state index is 0.0572. The molecule has 0 spiro atoms. The van der Waals surface area contributed by atoms with E-state index in [0.717, 1.165) is 10.5 Å². The standard InChI is InChI=1S/C30H26F6N4O3/c1-3-13-39(28(42)20-14-21(29(31,32)33)16-22(15-20)30(34,35)36)18-27(41)37-26-17-25(19-7-5-4-6-8-19)38-40(26)23-9-11-24(43-2)12-10-23/h4-12,14-17H,3,13,18H2,1-2H3,(H,37,41). The highest BCUT2D eigenvalue weighted by Crippen LogP contribution is 2.36. The highest BCUT2D eigenvalue weighted by atomic mass is 19.4. The Labute approximate surface area is 242 Å². The molecule has 43 heavy (non-hydrogen) atoms. The van der Waals surface area contributed by atoms with Crippen LogP contribution in [0.3, 0.4) is 0 Å². The van der Waals surface area contributed by atoms with Gasteiger partial charge in [0.2, 0.25) is 5.91 Å². The largest absolute Gasteiger partial charge is 0.497 e. The zero-order valence-corrected chi connectivity index (χ0v) is 23.0. The van der Waals surface area contributed by atoms with Gasteiger partial charge in [0.1, 0.15) is 18.1 Å². The van der Waals surface area contributed by atoms with E-state index >= 15 is 0 Å². The van der Waals surface area contributed by atoms with Crippen LogP contribution in [0.4, 0.5) is 32.2 Å². The Morgan fingerprint density at radius 3 is 2.02 bits per heavy atom. The maximum absolute atomic E-state index is 13.4. The minimum atomic E-state index is -5.13. The lowest BCUT2D eigenvalue weighted by Crippen LogP contribution is -2.39. The number of benzene rings is 3. The van der Waals surface area contributed by atoms with Crippen LogP contribution >= 0.6 is 0 Å². The fourth-order valence-electron chi connectivity index (χ4n) is 4.28. The first-order valence-corrected chi connectivity index (χ1v) is 13.0. The number of ether oxygens (including phenoxy) is 1. The summed E-state index contributed by atoms with van der Waals surface area (Å²) < 4.78 is 86.9. The summed E-state index contributed by atoms with van der Waals surface area (Å²) in [5, 5.41) is 7.26. The molecule has 0 aliphatic heterocycles. The van der Waals surface area contributed by atoms with Gasteiger partial charge in [0, 0.05) is 23.7 Å². The van der Waals surface area contributed by atoms with Crippen LogP contribution in [0.25, 0.3) is 16.9 Å². The number of rotatable bonds is 9. The second-order valence-electron chi connectivity index (χ2n) is 9.46. The molecule has 0 unspecified atom stereocenters. The fourth-order valence-corrected chi connectivity index (χ4v) is 4.28. The smallest absolute Gasteiger partial charge is 0.416 e. The highest BCUT2D eigenvalue weighted by Gasteiger charge is 2.38. The van der Waals surface area contributed by atoms with E-state index in [1.807, 2.05) is 30.3 Å². The average Bonchev–Trinajstić information content (AvgIpc) is 3.39. The van der Waals surface area contributed by atoms with E-state index in [-0.39, 0.29) is 24.8 Å². The average molecular weight is 605 g/mol. The molecule has 3 aromatic carbocycles. The number of alkyl halides is 6. The molecule has 4 rings (SSSR count). The van der Waals surface area contributed by atoms with Gasteiger partial charge < -0.3 is 15.0 Å². The van der Waals surface area contributed by atoms with E-state index in [4.69, 9.17) is 4.74 Å². The molecular formula is C30H26F6N4O3. The van der Waals surface area contributed by atoms with Crippen molar-refractivity contribution >= 4 is 17.6 Å². The maximum Gasteiger partial charge on any atom is 0.416 e. The first-order valence-electron chi connectivity index (χ1n) is 13.0. The van der Waals surface area contributed by atoms with Crippen LogP contribution in [0.15, 0.2) is 78.9 Å². The summed E-state index contributed by atoms with van der Waals surface area (Å²) in [6, 6.07) is 18.1. The van der Waals surface area contributed by atoms with E-state index < -0.39 is 47.4 Å². The van der Waals surface area contributed by atoms with Gasteiger partial charge in [-0.25, -0.2) is 4.68 Å². The minimum Gasteiger partial charge on any atom is -0.497 e. The van der Waals surface area contributed by atoms with E-state index in [9.17, 15) is 35.9 Å². The van der Waals surface area contributed by atoms with Crippen molar-refractivity contribution < 1.29 is 40.7 Å². The summed E-state index contributed by atoms with van der Waals surface area (Å²) in [5.74, 6) is -1.08. The second-order valence-corrected chi connectivity index (χ2v) is 9.46. The number of methoxy groups -OCH3 is 1. The Bertz CT molecular complexity index is 1550. The normalized spacial score (nSPS) is 11.7. The first kappa shape index (κ1) is 31.1. The van der Waals surface area contributed by atoms with Crippen LogP contribution in [0.1, 0.15) is 34.8 Å². The fraction of sp³-hybridized carbons (Fsp3) is 0.233. The molecule has 0 saturated carbocycles. The Morgan fingerprint density at radius 1 is 0.884 bits per heavy atom. The monoisotopic (exact) mass is 604 g/mol. The molecule has 13 heteroatoms. The van der Waals surface area contributed by atoms with Crippen LogP contribution in [0, 0.1) is 0 Å². The van der Waals surface area contributed by atoms with Crippen molar-refractivity contribution in [2.45, 2.75) is 25.7 Å². The van der Waals surface area contributed by atoms with E-state index in [1.165, 1.54) is 11.8 Å². The van der Waals surface area contributed by atoms with E-state index in [2.05, 4.69) is 10.4 Å². The second kappa shape index (κ2) is 12.6. The van der Waals surface area contributed by atoms with Gasteiger partial charge in [-0.15, -0.1) is 0 Å². The molecule has 0 saturated heterocycles. The molecule has 226 valence electrons. The van der Waals surface area contributed by atoms with Crippen molar-refractivity contribution in [2.24, 2.45) is 0 Å². The summed E-state index contributed by atoms with van der Waals surface area (Å²) in [6.45, 7) is 0.909. The molecule has 0 radical (unpaired) electrons. The predicted octanol–water partition coefficient (Wildman–Crippen LogP) is 7.08. The number of halogens is 6. The van der Waals surface area contributed by atoms with Crippen LogP contribution < -0.4 is 10.1 Å². The number of aromatic nitrogens is 2. The van der Waals surface area contributed by atoms with Crippen LogP contribution in [0.5, 0.6) is 5.75 Å². The van der Waals surface area contributed by atoms with Crippen LogP contribution in [0.2, 0.25) is 0 Å². The molecule has 2 amide bonds. The topological polar surface area (TPSA) is 76.5 Å². The molecule has 7 nitrogen and oxygen atoms in total.